The Bertz CT molecular complexity index is 606. The van der Waals surface area contributed by atoms with E-state index >= 15 is 0 Å². The maximum atomic E-state index is 12.8. The second kappa shape index (κ2) is 8.34. The Morgan fingerprint density at radius 1 is 1.12 bits per heavy atom. The minimum absolute atomic E-state index is 0.0643. The number of amides is 2. The molecule has 136 valence electrons. The van der Waals surface area contributed by atoms with Gasteiger partial charge in [0.1, 0.15) is 6.61 Å². The van der Waals surface area contributed by atoms with Crippen molar-refractivity contribution >= 4 is 17.5 Å². The summed E-state index contributed by atoms with van der Waals surface area (Å²) in [7, 11) is 1.52. The highest BCUT2D eigenvalue weighted by molar-refractivity contribution is 6.00. The molecule has 0 atom stereocenters. The number of ether oxygens (including phenoxy) is 1. The van der Waals surface area contributed by atoms with Crippen molar-refractivity contribution in [2.24, 2.45) is 0 Å². The molecule has 2 saturated heterocycles. The first kappa shape index (κ1) is 17.7. The molecule has 2 aliphatic heterocycles. The topological polar surface area (TPSA) is 61.9 Å². The van der Waals surface area contributed by atoms with Crippen molar-refractivity contribution in [3.63, 3.8) is 0 Å². The summed E-state index contributed by atoms with van der Waals surface area (Å²) in [4.78, 5) is 28.7. The third-order valence-corrected chi connectivity index (χ3v) is 5.00. The van der Waals surface area contributed by atoms with Crippen LogP contribution >= 0.6 is 0 Å². The van der Waals surface area contributed by atoms with E-state index in [9.17, 15) is 9.59 Å². The lowest BCUT2D eigenvalue weighted by atomic mass is 10.0. The van der Waals surface area contributed by atoms with Crippen LogP contribution in [0.5, 0.6) is 0 Å². The average Bonchev–Trinajstić information content (AvgIpc) is 3.17. The molecule has 0 aliphatic carbocycles. The molecule has 0 saturated carbocycles. The minimum atomic E-state index is -0.0643. The summed E-state index contributed by atoms with van der Waals surface area (Å²) in [6.45, 7) is 3.50. The molecule has 0 bridgehead atoms. The van der Waals surface area contributed by atoms with E-state index in [2.05, 4.69) is 10.2 Å². The molecule has 2 aliphatic rings. The molecule has 2 heterocycles. The number of anilines is 1. The Kier molecular flexibility index (Phi) is 5.91. The van der Waals surface area contributed by atoms with E-state index in [1.807, 2.05) is 29.2 Å². The Morgan fingerprint density at radius 2 is 1.80 bits per heavy atom. The first-order valence-electron chi connectivity index (χ1n) is 9.10. The minimum Gasteiger partial charge on any atom is -0.375 e. The third kappa shape index (κ3) is 4.31. The first-order chi connectivity index (χ1) is 12.2. The zero-order chi connectivity index (χ0) is 17.6. The number of carbonyl (C=O) groups excluding carboxylic acids is 2. The summed E-state index contributed by atoms with van der Waals surface area (Å²) in [5, 5.41) is 3.01. The van der Waals surface area contributed by atoms with Crippen LogP contribution in [0.25, 0.3) is 0 Å². The summed E-state index contributed by atoms with van der Waals surface area (Å²) in [5.74, 6) is 0.0779. The number of hydrogen-bond donors (Lipinski definition) is 1. The van der Waals surface area contributed by atoms with Gasteiger partial charge in [-0.2, -0.15) is 0 Å². The van der Waals surface area contributed by atoms with Crippen LogP contribution in [0, 0.1) is 0 Å². The van der Waals surface area contributed by atoms with Crippen LogP contribution in [-0.2, 0) is 9.53 Å². The molecule has 0 aromatic heterocycles. The molecule has 6 nitrogen and oxygen atoms in total. The zero-order valence-corrected chi connectivity index (χ0v) is 14.9. The standard InChI is InChI=1S/C19H27N3O3/c1-25-14-18(23)20-15-8-12-21(13-9-15)17-7-3-2-6-16(17)19(24)22-10-4-5-11-22/h2-3,6-7,15H,4-5,8-14H2,1H3,(H,20,23). The first-order valence-corrected chi connectivity index (χ1v) is 9.10. The van der Waals surface area contributed by atoms with Crippen molar-refractivity contribution in [3.05, 3.63) is 29.8 Å². The number of rotatable bonds is 5. The van der Waals surface area contributed by atoms with Crippen LogP contribution in [0.3, 0.4) is 0 Å². The molecule has 0 spiro atoms. The zero-order valence-electron chi connectivity index (χ0n) is 14.9. The van der Waals surface area contributed by atoms with Gasteiger partial charge >= 0.3 is 0 Å². The van der Waals surface area contributed by atoms with Gasteiger partial charge in [-0.25, -0.2) is 0 Å². The molecular weight excluding hydrogens is 318 g/mol. The van der Waals surface area contributed by atoms with E-state index in [0.717, 1.165) is 63.1 Å². The average molecular weight is 345 g/mol. The van der Waals surface area contributed by atoms with Gasteiger partial charge in [-0.05, 0) is 37.8 Å². The van der Waals surface area contributed by atoms with Crippen LogP contribution in [-0.4, -0.2) is 62.7 Å². The molecule has 3 rings (SSSR count). The maximum absolute atomic E-state index is 12.8. The third-order valence-electron chi connectivity index (χ3n) is 5.00. The fourth-order valence-electron chi connectivity index (χ4n) is 3.69. The van der Waals surface area contributed by atoms with Gasteiger partial charge in [-0.15, -0.1) is 0 Å². The van der Waals surface area contributed by atoms with Gasteiger partial charge in [0.25, 0.3) is 5.91 Å². The van der Waals surface area contributed by atoms with Crippen LogP contribution in [0.1, 0.15) is 36.0 Å². The Balaban J connectivity index is 1.63. The summed E-state index contributed by atoms with van der Waals surface area (Å²) >= 11 is 0. The molecule has 1 N–H and O–H groups in total. The number of benzene rings is 1. The highest BCUT2D eigenvalue weighted by Crippen LogP contribution is 2.26. The Labute approximate surface area is 149 Å². The predicted molar refractivity (Wildman–Crippen MR) is 96.8 cm³/mol. The highest BCUT2D eigenvalue weighted by Gasteiger charge is 2.26. The number of likely N-dealkylation sites (tertiary alicyclic amines) is 1. The van der Waals surface area contributed by atoms with Gasteiger partial charge in [-0.1, -0.05) is 12.1 Å². The SMILES string of the molecule is COCC(=O)NC1CCN(c2ccccc2C(=O)N2CCCC2)CC1. The lowest BCUT2D eigenvalue weighted by Gasteiger charge is -2.35. The molecule has 1 aromatic carbocycles. The fraction of sp³-hybridized carbons (Fsp3) is 0.579. The van der Waals surface area contributed by atoms with Gasteiger partial charge < -0.3 is 19.9 Å². The number of methoxy groups -OCH3 is 1. The summed E-state index contributed by atoms with van der Waals surface area (Å²) in [5.41, 5.74) is 1.81. The van der Waals surface area contributed by atoms with Crippen LogP contribution < -0.4 is 10.2 Å². The Morgan fingerprint density at radius 3 is 2.48 bits per heavy atom. The smallest absolute Gasteiger partial charge is 0.255 e. The molecule has 6 heteroatoms. The van der Waals surface area contributed by atoms with Crippen molar-refractivity contribution in [2.75, 3.05) is 44.8 Å². The molecule has 1 aromatic rings. The summed E-state index contributed by atoms with van der Waals surface area (Å²) < 4.78 is 4.86. The van der Waals surface area contributed by atoms with Crippen LogP contribution in [0.4, 0.5) is 5.69 Å². The van der Waals surface area contributed by atoms with E-state index in [1.54, 1.807) is 0 Å². The van der Waals surface area contributed by atoms with E-state index in [0.29, 0.717) is 0 Å². The van der Waals surface area contributed by atoms with Crippen molar-refractivity contribution in [2.45, 2.75) is 31.7 Å². The van der Waals surface area contributed by atoms with E-state index < -0.39 is 0 Å². The number of hydrogen-bond acceptors (Lipinski definition) is 4. The lowest BCUT2D eigenvalue weighted by molar-refractivity contribution is -0.125. The fourth-order valence-corrected chi connectivity index (χ4v) is 3.69. The van der Waals surface area contributed by atoms with E-state index in [1.165, 1.54) is 7.11 Å². The number of carbonyl (C=O) groups is 2. The second-order valence-corrected chi connectivity index (χ2v) is 6.78. The van der Waals surface area contributed by atoms with Gasteiger partial charge in [0, 0.05) is 45.0 Å². The van der Waals surface area contributed by atoms with Crippen molar-refractivity contribution in [1.82, 2.24) is 10.2 Å². The largest absolute Gasteiger partial charge is 0.375 e. The van der Waals surface area contributed by atoms with Gasteiger partial charge in [0.15, 0.2) is 0 Å². The number of piperidine rings is 1. The second-order valence-electron chi connectivity index (χ2n) is 6.78. The summed E-state index contributed by atoms with van der Waals surface area (Å²) in [6.07, 6.45) is 3.95. The monoisotopic (exact) mass is 345 g/mol. The van der Waals surface area contributed by atoms with Crippen LogP contribution in [0.2, 0.25) is 0 Å². The number of para-hydroxylation sites is 1. The lowest BCUT2D eigenvalue weighted by Crippen LogP contribution is -2.46. The normalized spacial score (nSPS) is 18.4. The highest BCUT2D eigenvalue weighted by atomic mass is 16.5. The van der Waals surface area contributed by atoms with Gasteiger partial charge in [-0.3, -0.25) is 9.59 Å². The number of nitrogens with zero attached hydrogens (tertiary/aromatic N) is 2. The predicted octanol–water partition coefficient (Wildman–Crippen LogP) is 1.65. The molecule has 2 amide bonds. The van der Waals surface area contributed by atoms with Crippen molar-refractivity contribution in [1.29, 1.82) is 0 Å². The Hall–Kier alpha value is -2.08. The molecular formula is C19H27N3O3. The summed E-state index contributed by atoms with van der Waals surface area (Å²) in [6, 6.07) is 8.07. The maximum Gasteiger partial charge on any atom is 0.255 e. The molecule has 25 heavy (non-hydrogen) atoms. The number of nitrogens with one attached hydrogen (secondary N) is 1. The van der Waals surface area contributed by atoms with E-state index in [4.69, 9.17) is 4.74 Å². The van der Waals surface area contributed by atoms with E-state index in [-0.39, 0.29) is 24.5 Å². The van der Waals surface area contributed by atoms with Gasteiger partial charge in [0.05, 0.1) is 5.56 Å². The molecule has 0 radical (unpaired) electrons. The van der Waals surface area contributed by atoms with Crippen molar-refractivity contribution < 1.29 is 14.3 Å². The quantitative estimate of drug-likeness (QED) is 0.882. The molecule has 0 unspecified atom stereocenters. The molecule has 2 fully saturated rings. The van der Waals surface area contributed by atoms with Crippen molar-refractivity contribution in [3.8, 4) is 0 Å². The van der Waals surface area contributed by atoms with Gasteiger partial charge in [0.2, 0.25) is 5.91 Å². The van der Waals surface area contributed by atoms with Crippen LogP contribution in [0.15, 0.2) is 24.3 Å².